The zero-order chi connectivity index (χ0) is 18.1. The molecule has 0 aliphatic rings. The van der Waals surface area contributed by atoms with Crippen molar-refractivity contribution in [3.05, 3.63) is 46.2 Å². The van der Waals surface area contributed by atoms with Gasteiger partial charge in [-0.3, -0.25) is 10.8 Å². The summed E-state index contributed by atoms with van der Waals surface area (Å²) in [5, 5.41) is 17.1. The molecule has 0 aliphatic heterocycles. The molecule has 0 saturated carbocycles. The topological polar surface area (TPSA) is 99.7 Å². The number of hydrogen-bond donors (Lipinski definition) is 4. The number of benzene rings is 2. The average molecular weight is 413 g/mol. The molecule has 25 heavy (non-hydrogen) atoms. The molecule has 6 N–H and O–H groups in total. The third-order valence-corrected chi connectivity index (χ3v) is 6.65. The highest BCUT2D eigenvalue weighted by Crippen LogP contribution is 2.41. The molecule has 0 spiro atoms. The summed E-state index contributed by atoms with van der Waals surface area (Å²) in [6, 6.07) is 6.68. The lowest BCUT2D eigenvalue weighted by Crippen LogP contribution is -2.03. The minimum Gasteiger partial charge on any atom is -0.379 e. The van der Waals surface area contributed by atoms with Gasteiger partial charge in [-0.05, 0) is 35.4 Å². The molecule has 0 amide bonds. The van der Waals surface area contributed by atoms with Crippen molar-refractivity contribution in [3.8, 4) is 0 Å². The Morgan fingerprint density at radius 1 is 0.960 bits per heavy atom. The summed E-state index contributed by atoms with van der Waals surface area (Å²) in [7, 11) is 0. The number of thioether (sulfide) groups is 2. The molecule has 0 unspecified atom stereocenters. The van der Waals surface area contributed by atoms with Gasteiger partial charge < -0.3 is 11.5 Å². The summed E-state index contributed by atoms with van der Waals surface area (Å²) in [4.78, 5) is 0. The van der Waals surface area contributed by atoms with Gasteiger partial charge in [-0.15, -0.1) is 11.3 Å². The molecule has 4 nitrogen and oxygen atoms in total. The van der Waals surface area contributed by atoms with Gasteiger partial charge >= 0.3 is 0 Å². The molecule has 0 bridgehead atoms. The van der Waals surface area contributed by atoms with Gasteiger partial charge in [0, 0.05) is 36.7 Å². The van der Waals surface area contributed by atoms with Crippen molar-refractivity contribution in [1.29, 1.82) is 10.8 Å². The number of halogens is 2. The highest BCUT2D eigenvalue weighted by molar-refractivity contribution is 8.13. The second-order valence-electron chi connectivity index (χ2n) is 5.29. The van der Waals surface area contributed by atoms with Crippen molar-refractivity contribution in [3.63, 3.8) is 0 Å². The molecule has 0 fully saturated rings. The van der Waals surface area contributed by atoms with Crippen LogP contribution < -0.4 is 11.5 Å². The van der Waals surface area contributed by atoms with Crippen molar-refractivity contribution < 1.29 is 4.39 Å². The monoisotopic (exact) mass is 412 g/mol. The van der Waals surface area contributed by atoms with Gasteiger partial charge in [0.1, 0.15) is 5.82 Å². The summed E-state index contributed by atoms with van der Waals surface area (Å²) in [6.07, 6.45) is 0. The fourth-order valence-corrected chi connectivity index (χ4v) is 5.36. The standard InChI is InChI=1S/C16H14ClFN4S3/c17-9-1-7(5-23-15(19)20)13-11(3-9)12-4-10(18)2-8(14(12)25-13)6-24-16(21)22/h1-4H,5-6H2,(H3,19,20)(H3,21,22). The molecule has 0 radical (unpaired) electrons. The fraction of sp³-hybridized carbons (Fsp3) is 0.125. The predicted octanol–water partition coefficient (Wildman–Crippen LogP) is 5.10. The Labute approximate surface area is 161 Å². The summed E-state index contributed by atoms with van der Waals surface area (Å²) >= 11 is 10.2. The largest absolute Gasteiger partial charge is 0.379 e. The molecule has 0 saturated heterocycles. The molecular formula is C16H14ClFN4S3. The summed E-state index contributed by atoms with van der Waals surface area (Å²) in [5.41, 5.74) is 12.6. The minimum absolute atomic E-state index is 0.000106. The summed E-state index contributed by atoms with van der Waals surface area (Å²) in [6.45, 7) is 0. The second-order valence-corrected chi connectivity index (χ2v) is 8.78. The Kier molecular flexibility index (Phi) is 5.43. The lowest BCUT2D eigenvalue weighted by Gasteiger charge is -2.04. The Morgan fingerprint density at radius 2 is 1.48 bits per heavy atom. The van der Waals surface area contributed by atoms with E-state index in [4.69, 9.17) is 33.9 Å². The first kappa shape index (κ1) is 18.3. The van der Waals surface area contributed by atoms with Gasteiger partial charge in [-0.2, -0.15) is 0 Å². The molecular weight excluding hydrogens is 399 g/mol. The van der Waals surface area contributed by atoms with Crippen LogP contribution in [0.15, 0.2) is 24.3 Å². The van der Waals surface area contributed by atoms with Crippen molar-refractivity contribution in [2.24, 2.45) is 11.5 Å². The van der Waals surface area contributed by atoms with Gasteiger partial charge in [0.25, 0.3) is 0 Å². The third-order valence-electron chi connectivity index (χ3n) is 3.52. The van der Waals surface area contributed by atoms with E-state index in [1.165, 1.54) is 35.7 Å². The van der Waals surface area contributed by atoms with Crippen LogP contribution in [0.1, 0.15) is 11.1 Å². The lowest BCUT2D eigenvalue weighted by molar-refractivity contribution is 0.629. The van der Waals surface area contributed by atoms with Crippen molar-refractivity contribution in [2.75, 3.05) is 0 Å². The van der Waals surface area contributed by atoms with Gasteiger partial charge in [-0.25, -0.2) is 4.39 Å². The maximum absolute atomic E-state index is 14.1. The van der Waals surface area contributed by atoms with E-state index in [2.05, 4.69) is 0 Å². The zero-order valence-corrected chi connectivity index (χ0v) is 16.1. The molecule has 130 valence electrons. The summed E-state index contributed by atoms with van der Waals surface area (Å²) < 4.78 is 16.1. The highest BCUT2D eigenvalue weighted by atomic mass is 35.5. The SMILES string of the molecule is N=C(N)SCc1cc(F)cc2c1sc1c(CSC(=N)N)cc(Cl)cc12. The molecule has 3 rings (SSSR count). The van der Waals surface area contributed by atoms with Gasteiger partial charge in [0.2, 0.25) is 0 Å². The maximum atomic E-state index is 14.1. The Hall–Kier alpha value is -1.48. The Morgan fingerprint density at radius 3 is 2.04 bits per heavy atom. The van der Waals surface area contributed by atoms with E-state index in [1.807, 2.05) is 12.1 Å². The Balaban J connectivity index is 2.20. The van der Waals surface area contributed by atoms with Crippen LogP contribution in [0.25, 0.3) is 20.2 Å². The number of thiophene rings is 1. The van der Waals surface area contributed by atoms with E-state index >= 15 is 0 Å². The van der Waals surface area contributed by atoms with E-state index in [9.17, 15) is 4.39 Å². The first-order valence-electron chi connectivity index (χ1n) is 7.12. The molecule has 2 aromatic carbocycles. The molecule has 9 heteroatoms. The van der Waals surface area contributed by atoms with Crippen LogP contribution in [0.3, 0.4) is 0 Å². The lowest BCUT2D eigenvalue weighted by atomic mass is 10.1. The zero-order valence-electron chi connectivity index (χ0n) is 12.9. The smallest absolute Gasteiger partial charge is 0.151 e. The normalized spacial score (nSPS) is 11.3. The van der Waals surface area contributed by atoms with E-state index in [-0.39, 0.29) is 16.2 Å². The molecule has 1 heterocycles. The number of nitrogens with one attached hydrogen (secondary N) is 2. The van der Waals surface area contributed by atoms with Gasteiger partial charge in [0.05, 0.1) is 0 Å². The number of hydrogen-bond acceptors (Lipinski definition) is 5. The molecule has 3 aromatic rings. The fourth-order valence-electron chi connectivity index (χ4n) is 2.57. The maximum Gasteiger partial charge on any atom is 0.151 e. The first-order valence-corrected chi connectivity index (χ1v) is 10.3. The van der Waals surface area contributed by atoms with Crippen LogP contribution in [0, 0.1) is 16.6 Å². The third kappa shape index (κ3) is 4.03. The number of rotatable bonds is 4. The van der Waals surface area contributed by atoms with Crippen LogP contribution in [0.2, 0.25) is 5.02 Å². The quantitative estimate of drug-likeness (QED) is 0.353. The molecule has 0 aliphatic carbocycles. The Bertz CT molecular complexity index is 924. The van der Waals surface area contributed by atoms with Crippen molar-refractivity contribution in [1.82, 2.24) is 0 Å². The number of fused-ring (bicyclic) bond motifs is 3. The number of amidine groups is 2. The molecule has 0 atom stereocenters. The van der Waals surface area contributed by atoms with Crippen LogP contribution in [0.5, 0.6) is 0 Å². The second kappa shape index (κ2) is 7.41. The van der Waals surface area contributed by atoms with E-state index in [0.29, 0.717) is 16.5 Å². The average Bonchev–Trinajstić information content (AvgIpc) is 2.88. The predicted molar refractivity (Wildman–Crippen MR) is 111 cm³/mol. The van der Waals surface area contributed by atoms with Crippen LogP contribution in [-0.2, 0) is 11.5 Å². The van der Waals surface area contributed by atoms with Crippen molar-refractivity contribution in [2.45, 2.75) is 11.5 Å². The summed E-state index contributed by atoms with van der Waals surface area (Å²) in [5.74, 6) is 0.631. The van der Waals surface area contributed by atoms with Crippen molar-refractivity contribution >= 4 is 77.0 Å². The number of nitrogens with two attached hydrogens (primary N) is 2. The highest BCUT2D eigenvalue weighted by Gasteiger charge is 2.15. The van der Waals surface area contributed by atoms with Gasteiger partial charge in [0.15, 0.2) is 10.3 Å². The van der Waals surface area contributed by atoms with Gasteiger partial charge in [-0.1, -0.05) is 35.1 Å². The van der Waals surface area contributed by atoms with E-state index in [1.54, 1.807) is 11.3 Å². The van der Waals surface area contributed by atoms with Crippen LogP contribution in [0.4, 0.5) is 4.39 Å². The first-order chi connectivity index (χ1) is 11.8. The van der Waals surface area contributed by atoms with E-state index in [0.717, 1.165) is 31.3 Å². The van der Waals surface area contributed by atoms with Crippen LogP contribution in [-0.4, -0.2) is 10.3 Å². The van der Waals surface area contributed by atoms with Crippen LogP contribution >= 0.6 is 46.5 Å². The van der Waals surface area contributed by atoms with E-state index < -0.39 is 0 Å². The minimum atomic E-state index is -0.328. The molecule has 1 aromatic heterocycles.